The van der Waals surface area contributed by atoms with E-state index in [0.717, 1.165) is 12.0 Å². The Kier molecular flexibility index (Phi) is 4.22. The van der Waals surface area contributed by atoms with Gasteiger partial charge < -0.3 is 10.2 Å². The molecule has 0 saturated heterocycles. The van der Waals surface area contributed by atoms with Crippen molar-refractivity contribution < 1.29 is 10.2 Å². The molecule has 0 aromatic heterocycles. The zero-order valence-electron chi connectivity index (χ0n) is 7.28. The highest BCUT2D eigenvalue weighted by atomic mass is 35.5. The summed E-state index contributed by atoms with van der Waals surface area (Å²) < 4.78 is 0. The Balaban J connectivity index is 2.45. The third kappa shape index (κ3) is 3.77. The molecule has 2 N–H and O–H groups in total. The van der Waals surface area contributed by atoms with Crippen molar-refractivity contribution in [3.63, 3.8) is 0 Å². The van der Waals surface area contributed by atoms with Gasteiger partial charge in [-0.2, -0.15) is 0 Å². The summed E-state index contributed by atoms with van der Waals surface area (Å²) in [7, 11) is 0. The lowest BCUT2D eigenvalue weighted by Gasteiger charge is -2.06. The van der Waals surface area contributed by atoms with E-state index in [1.807, 2.05) is 24.3 Å². The van der Waals surface area contributed by atoms with E-state index >= 15 is 0 Å². The van der Waals surface area contributed by atoms with Crippen molar-refractivity contribution in [2.24, 2.45) is 0 Å². The van der Waals surface area contributed by atoms with E-state index in [0.29, 0.717) is 11.4 Å². The van der Waals surface area contributed by atoms with Crippen LogP contribution in [-0.4, -0.2) is 22.9 Å². The van der Waals surface area contributed by atoms with E-state index in [1.165, 1.54) is 0 Å². The molecule has 72 valence electrons. The van der Waals surface area contributed by atoms with Crippen LogP contribution < -0.4 is 0 Å². The molecule has 0 heterocycles. The first kappa shape index (κ1) is 10.5. The molecular formula is C10H13ClO2. The Morgan fingerprint density at radius 1 is 1.38 bits per heavy atom. The van der Waals surface area contributed by atoms with Gasteiger partial charge in [-0.15, -0.1) is 0 Å². The molecule has 0 bridgehead atoms. The molecule has 1 aromatic carbocycles. The summed E-state index contributed by atoms with van der Waals surface area (Å²) in [6, 6.07) is 7.51. The van der Waals surface area contributed by atoms with Gasteiger partial charge in [0, 0.05) is 5.02 Å². The van der Waals surface area contributed by atoms with Crippen LogP contribution >= 0.6 is 11.6 Å². The SMILES string of the molecule is OCC(O)CCc1cccc(Cl)c1. The normalized spacial score (nSPS) is 12.8. The van der Waals surface area contributed by atoms with Gasteiger partial charge in [0.25, 0.3) is 0 Å². The smallest absolute Gasteiger partial charge is 0.0774 e. The third-order valence-corrected chi connectivity index (χ3v) is 2.10. The van der Waals surface area contributed by atoms with Crippen molar-refractivity contribution in [2.45, 2.75) is 18.9 Å². The van der Waals surface area contributed by atoms with Gasteiger partial charge in [-0.3, -0.25) is 0 Å². The molecule has 0 radical (unpaired) electrons. The summed E-state index contributed by atoms with van der Waals surface area (Å²) in [6.45, 7) is -0.180. The molecule has 0 spiro atoms. The van der Waals surface area contributed by atoms with E-state index in [1.54, 1.807) is 0 Å². The quantitative estimate of drug-likeness (QED) is 0.776. The standard InChI is InChI=1S/C10H13ClO2/c11-9-3-1-2-8(6-9)4-5-10(13)7-12/h1-3,6,10,12-13H,4-5,7H2. The van der Waals surface area contributed by atoms with Gasteiger partial charge in [0.1, 0.15) is 0 Å². The van der Waals surface area contributed by atoms with Crippen LogP contribution in [0.4, 0.5) is 0 Å². The number of rotatable bonds is 4. The predicted molar refractivity (Wildman–Crippen MR) is 52.9 cm³/mol. The highest BCUT2D eigenvalue weighted by Crippen LogP contribution is 2.12. The van der Waals surface area contributed by atoms with Crippen LogP contribution in [0.2, 0.25) is 5.02 Å². The average Bonchev–Trinajstić information content (AvgIpc) is 2.14. The third-order valence-electron chi connectivity index (χ3n) is 1.87. The van der Waals surface area contributed by atoms with Gasteiger partial charge in [-0.05, 0) is 30.5 Å². The topological polar surface area (TPSA) is 40.5 Å². The maximum Gasteiger partial charge on any atom is 0.0774 e. The zero-order valence-corrected chi connectivity index (χ0v) is 8.04. The van der Waals surface area contributed by atoms with Crippen LogP contribution in [0.3, 0.4) is 0 Å². The Bertz CT molecular complexity index is 263. The van der Waals surface area contributed by atoms with E-state index < -0.39 is 6.10 Å². The van der Waals surface area contributed by atoms with Gasteiger partial charge in [-0.25, -0.2) is 0 Å². The largest absolute Gasteiger partial charge is 0.394 e. The van der Waals surface area contributed by atoms with Crippen LogP contribution in [0.5, 0.6) is 0 Å². The first-order valence-electron chi connectivity index (χ1n) is 4.25. The molecule has 0 saturated carbocycles. The minimum atomic E-state index is -0.626. The molecular weight excluding hydrogens is 188 g/mol. The summed E-state index contributed by atoms with van der Waals surface area (Å²) in [5.74, 6) is 0. The molecule has 2 nitrogen and oxygen atoms in total. The molecule has 0 aliphatic carbocycles. The molecule has 0 aliphatic heterocycles. The fourth-order valence-electron chi connectivity index (χ4n) is 1.12. The number of hydrogen-bond donors (Lipinski definition) is 2. The summed E-state index contributed by atoms with van der Waals surface area (Å²) in [5, 5.41) is 18.4. The van der Waals surface area contributed by atoms with Crippen LogP contribution in [0, 0.1) is 0 Å². The van der Waals surface area contributed by atoms with Crippen LogP contribution in [0.1, 0.15) is 12.0 Å². The number of aliphatic hydroxyl groups is 2. The Morgan fingerprint density at radius 2 is 2.15 bits per heavy atom. The van der Waals surface area contributed by atoms with Crippen molar-refractivity contribution >= 4 is 11.6 Å². The molecule has 3 heteroatoms. The predicted octanol–water partition coefficient (Wildman–Crippen LogP) is 1.63. The molecule has 0 fully saturated rings. The lowest BCUT2D eigenvalue weighted by Crippen LogP contribution is -2.12. The first-order chi connectivity index (χ1) is 6.22. The first-order valence-corrected chi connectivity index (χ1v) is 4.63. The monoisotopic (exact) mass is 200 g/mol. The van der Waals surface area contributed by atoms with Crippen molar-refractivity contribution in [3.8, 4) is 0 Å². The summed E-state index contributed by atoms with van der Waals surface area (Å²) in [4.78, 5) is 0. The minimum absolute atomic E-state index is 0.180. The maximum absolute atomic E-state index is 9.11. The lowest BCUT2D eigenvalue weighted by molar-refractivity contribution is 0.0886. The van der Waals surface area contributed by atoms with Crippen molar-refractivity contribution in [1.29, 1.82) is 0 Å². The molecule has 1 atom stereocenters. The highest BCUT2D eigenvalue weighted by molar-refractivity contribution is 6.30. The van der Waals surface area contributed by atoms with Crippen molar-refractivity contribution in [3.05, 3.63) is 34.9 Å². The Labute approximate surface area is 82.8 Å². The van der Waals surface area contributed by atoms with Crippen molar-refractivity contribution in [1.82, 2.24) is 0 Å². The molecule has 13 heavy (non-hydrogen) atoms. The average molecular weight is 201 g/mol. The molecule has 0 aliphatic rings. The van der Waals surface area contributed by atoms with Crippen LogP contribution in [0.15, 0.2) is 24.3 Å². The highest BCUT2D eigenvalue weighted by Gasteiger charge is 2.02. The second kappa shape index (κ2) is 5.22. The molecule has 1 unspecified atom stereocenters. The van der Waals surface area contributed by atoms with E-state index in [9.17, 15) is 0 Å². The van der Waals surface area contributed by atoms with Crippen LogP contribution in [-0.2, 0) is 6.42 Å². The summed E-state index contributed by atoms with van der Waals surface area (Å²) in [6.07, 6.45) is 0.679. The van der Waals surface area contributed by atoms with Gasteiger partial charge in [0.2, 0.25) is 0 Å². The van der Waals surface area contributed by atoms with Gasteiger partial charge in [0.05, 0.1) is 12.7 Å². The second-order valence-corrected chi connectivity index (χ2v) is 3.44. The number of aliphatic hydroxyl groups excluding tert-OH is 2. The summed E-state index contributed by atoms with van der Waals surface area (Å²) >= 11 is 5.78. The van der Waals surface area contributed by atoms with E-state index in [2.05, 4.69) is 0 Å². The van der Waals surface area contributed by atoms with E-state index in [4.69, 9.17) is 21.8 Å². The van der Waals surface area contributed by atoms with Gasteiger partial charge in [0.15, 0.2) is 0 Å². The number of halogens is 1. The Hall–Kier alpha value is -0.570. The lowest BCUT2D eigenvalue weighted by atomic mass is 10.1. The number of benzene rings is 1. The van der Waals surface area contributed by atoms with E-state index in [-0.39, 0.29) is 6.61 Å². The second-order valence-electron chi connectivity index (χ2n) is 3.00. The molecule has 1 aromatic rings. The van der Waals surface area contributed by atoms with Gasteiger partial charge >= 0.3 is 0 Å². The van der Waals surface area contributed by atoms with Crippen LogP contribution in [0.25, 0.3) is 0 Å². The molecule has 0 amide bonds. The molecule has 1 rings (SSSR count). The fraction of sp³-hybridized carbons (Fsp3) is 0.400. The van der Waals surface area contributed by atoms with Crippen molar-refractivity contribution in [2.75, 3.05) is 6.61 Å². The number of hydrogen-bond acceptors (Lipinski definition) is 2. The minimum Gasteiger partial charge on any atom is -0.394 e. The zero-order chi connectivity index (χ0) is 9.68. The fourth-order valence-corrected chi connectivity index (χ4v) is 1.33. The summed E-state index contributed by atoms with van der Waals surface area (Å²) in [5.41, 5.74) is 1.08. The van der Waals surface area contributed by atoms with Gasteiger partial charge in [-0.1, -0.05) is 23.7 Å². The maximum atomic E-state index is 9.11. The number of aryl methyl sites for hydroxylation is 1. The Morgan fingerprint density at radius 3 is 2.77 bits per heavy atom.